The van der Waals surface area contributed by atoms with E-state index in [0.29, 0.717) is 11.5 Å². The van der Waals surface area contributed by atoms with Gasteiger partial charge in [0.2, 0.25) is 0 Å². The van der Waals surface area contributed by atoms with Gasteiger partial charge >= 0.3 is 10.1 Å². The highest BCUT2D eigenvalue weighted by atomic mass is 32.2. The second-order valence-electron chi connectivity index (χ2n) is 6.16. The van der Waals surface area contributed by atoms with Gasteiger partial charge in [-0.15, -0.1) is 4.33 Å². The average molecular weight is 458 g/mol. The summed E-state index contributed by atoms with van der Waals surface area (Å²) in [6.07, 6.45) is 0. The fraction of sp³-hybridized carbons (Fsp3) is 0. The van der Waals surface area contributed by atoms with Crippen LogP contribution in [0.2, 0.25) is 0 Å². The van der Waals surface area contributed by atoms with Crippen LogP contribution in [0.5, 0.6) is 0 Å². The zero-order valence-corrected chi connectivity index (χ0v) is 16.4. The molecule has 4 aromatic rings. The third kappa shape index (κ3) is 2.95. The summed E-state index contributed by atoms with van der Waals surface area (Å²) in [5.41, 5.74) is 0. The third-order valence-electron chi connectivity index (χ3n) is 4.59. The summed E-state index contributed by atoms with van der Waals surface area (Å²) in [4.78, 5) is -2.02. The molecule has 0 heterocycles. The summed E-state index contributed by atoms with van der Waals surface area (Å²) in [5.74, 6) is 0. The van der Waals surface area contributed by atoms with Crippen LogP contribution in [0.15, 0.2) is 57.2 Å². The molecule has 10 nitrogen and oxygen atoms in total. The first kappa shape index (κ1) is 19.9. The molecule has 0 saturated heterocycles. The SMILES string of the molecule is O=S(=O)(O)c1ccc2ccc3c(S(=O)(=O)OO)cc(S(=O)(=O)O)c4ccc1c2c43. The first-order chi connectivity index (χ1) is 13.4. The average Bonchev–Trinajstić information content (AvgIpc) is 2.63. The Bertz CT molecular complexity index is 1640. The maximum absolute atomic E-state index is 12.2. The predicted octanol–water partition coefficient (Wildman–Crippen LogP) is 2.26. The van der Waals surface area contributed by atoms with Crippen LogP contribution in [0, 0.1) is 0 Å². The Morgan fingerprint density at radius 1 is 0.621 bits per heavy atom. The minimum atomic E-state index is -4.93. The molecule has 4 rings (SSSR count). The van der Waals surface area contributed by atoms with Crippen LogP contribution in [-0.4, -0.2) is 39.6 Å². The Kier molecular flexibility index (Phi) is 4.16. The molecule has 29 heavy (non-hydrogen) atoms. The van der Waals surface area contributed by atoms with E-state index in [4.69, 9.17) is 5.26 Å². The lowest BCUT2D eigenvalue weighted by Gasteiger charge is -2.16. The molecule has 0 bridgehead atoms. The molecule has 4 aromatic carbocycles. The van der Waals surface area contributed by atoms with Crippen LogP contribution < -0.4 is 0 Å². The van der Waals surface area contributed by atoms with Crippen molar-refractivity contribution < 1.29 is 43.9 Å². The van der Waals surface area contributed by atoms with Crippen LogP contribution in [0.3, 0.4) is 0 Å². The van der Waals surface area contributed by atoms with Gasteiger partial charge in [-0.25, -0.2) is 5.26 Å². The first-order valence-electron chi connectivity index (χ1n) is 7.64. The normalized spacial score (nSPS) is 13.6. The second kappa shape index (κ2) is 6.06. The highest BCUT2D eigenvalue weighted by Gasteiger charge is 2.28. The Balaban J connectivity index is 2.41. The van der Waals surface area contributed by atoms with Crippen molar-refractivity contribution in [3.63, 3.8) is 0 Å². The molecule has 0 saturated carbocycles. The van der Waals surface area contributed by atoms with Gasteiger partial charge in [0.05, 0.1) is 0 Å². The van der Waals surface area contributed by atoms with E-state index in [0.717, 1.165) is 6.07 Å². The summed E-state index contributed by atoms with van der Waals surface area (Å²) < 4.78 is 94.3. The van der Waals surface area contributed by atoms with E-state index in [1.807, 2.05) is 0 Å². The van der Waals surface area contributed by atoms with Gasteiger partial charge < -0.3 is 0 Å². The van der Waals surface area contributed by atoms with Gasteiger partial charge in [-0.1, -0.05) is 30.3 Å². The molecule has 152 valence electrons. The molecule has 0 aromatic heterocycles. The molecule has 0 amide bonds. The van der Waals surface area contributed by atoms with E-state index in [1.54, 1.807) is 0 Å². The van der Waals surface area contributed by atoms with Gasteiger partial charge in [0.25, 0.3) is 20.2 Å². The maximum Gasteiger partial charge on any atom is 0.323 e. The van der Waals surface area contributed by atoms with Gasteiger partial charge in [0.1, 0.15) is 14.7 Å². The minimum absolute atomic E-state index is 0.00357. The van der Waals surface area contributed by atoms with Crippen LogP contribution in [-0.2, 0) is 34.7 Å². The number of hydrogen-bond donors (Lipinski definition) is 3. The van der Waals surface area contributed by atoms with Crippen LogP contribution in [0.25, 0.3) is 32.3 Å². The zero-order chi connectivity index (χ0) is 21.4. The van der Waals surface area contributed by atoms with Gasteiger partial charge in [-0.2, -0.15) is 25.3 Å². The van der Waals surface area contributed by atoms with E-state index in [1.165, 1.54) is 30.3 Å². The molecular formula is C16H10O10S3. The summed E-state index contributed by atoms with van der Waals surface area (Å²) in [6.45, 7) is 0. The monoisotopic (exact) mass is 458 g/mol. The molecule has 0 atom stereocenters. The predicted molar refractivity (Wildman–Crippen MR) is 101 cm³/mol. The second-order valence-corrected chi connectivity index (χ2v) is 10.4. The lowest BCUT2D eigenvalue weighted by molar-refractivity contribution is -0.130. The molecule has 0 radical (unpaired) electrons. The van der Waals surface area contributed by atoms with E-state index < -0.39 is 45.0 Å². The van der Waals surface area contributed by atoms with Crippen molar-refractivity contribution in [2.45, 2.75) is 14.7 Å². The summed E-state index contributed by atoms with van der Waals surface area (Å²) in [6, 6.07) is 8.30. The number of hydrogen-bond acceptors (Lipinski definition) is 8. The van der Waals surface area contributed by atoms with Crippen LogP contribution in [0.4, 0.5) is 0 Å². The molecule has 0 unspecified atom stereocenters. The Labute approximate surface area is 163 Å². The topological polar surface area (TPSA) is 172 Å². The smallest absolute Gasteiger partial charge is 0.282 e. The third-order valence-corrected chi connectivity index (χ3v) is 7.47. The standard InChI is InChI=1S/C16H10O10S3/c17-26-29(24,25)14-7-13(28(21,22)23)10-5-4-9-12(27(18,19)20)6-2-8-1-3-11(14)16(10)15(8)9/h1-7,17H,(H,18,19,20)(H,21,22,23). The number of benzene rings is 4. The molecule has 3 N–H and O–H groups in total. The molecule has 13 heteroatoms. The molecule has 0 aliphatic rings. The van der Waals surface area contributed by atoms with E-state index in [2.05, 4.69) is 4.33 Å². The first-order valence-corrected chi connectivity index (χ1v) is 11.9. The number of rotatable bonds is 4. The Morgan fingerprint density at radius 3 is 1.66 bits per heavy atom. The van der Waals surface area contributed by atoms with Gasteiger partial charge in [-0.05, 0) is 22.9 Å². The zero-order valence-electron chi connectivity index (χ0n) is 14.0. The molecule has 0 aliphatic heterocycles. The summed E-state index contributed by atoms with van der Waals surface area (Å²) in [7, 11) is -14.4. The van der Waals surface area contributed by atoms with Gasteiger partial charge in [-0.3, -0.25) is 9.11 Å². The van der Waals surface area contributed by atoms with Crippen molar-refractivity contribution in [2.24, 2.45) is 0 Å². The van der Waals surface area contributed by atoms with Crippen molar-refractivity contribution >= 4 is 62.7 Å². The van der Waals surface area contributed by atoms with E-state index in [9.17, 15) is 34.4 Å². The van der Waals surface area contributed by atoms with Crippen molar-refractivity contribution in [1.29, 1.82) is 0 Å². The minimum Gasteiger partial charge on any atom is -0.282 e. The Morgan fingerprint density at radius 2 is 1.10 bits per heavy atom. The molecule has 0 aliphatic carbocycles. The largest absolute Gasteiger partial charge is 0.323 e. The Hall–Kier alpha value is -2.39. The summed E-state index contributed by atoms with van der Waals surface area (Å²) >= 11 is 0. The van der Waals surface area contributed by atoms with Crippen LogP contribution >= 0.6 is 0 Å². The van der Waals surface area contributed by atoms with Gasteiger partial charge in [0, 0.05) is 21.5 Å². The summed E-state index contributed by atoms with van der Waals surface area (Å²) in [5, 5.41) is 9.12. The highest BCUT2D eigenvalue weighted by Crippen LogP contribution is 2.42. The highest BCUT2D eigenvalue weighted by molar-refractivity contribution is 7.87. The molecule has 0 spiro atoms. The maximum atomic E-state index is 12.2. The van der Waals surface area contributed by atoms with Crippen molar-refractivity contribution in [3.8, 4) is 0 Å². The van der Waals surface area contributed by atoms with Crippen molar-refractivity contribution in [3.05, 3.63) is 42.5 Å². The van der Waals surface area contributed by atoms with E-state index in [-0.39, 0.29) is 26.9 Å². The quantitative estimate of drug-likeness (QED) is 0.178. The molecular weight excluding hydrogens is 448 g/mol. The fourth-order valence-electron chi connectivity index (χ4n) is 3.49. The molecule has 0 fully saturated rings. The van der Waals surface area contributed by atoms with Gasteiger partial charge in [0.15, 0.2) is 0 Å². The van der Waals surface area contributed by atoms with E-state index >= 15 is 0 Å². The lowest BCUT2D eigenvalue weighted by atomic mass is 9.94. The van der Waals surface area contributed by atoms with Crippen molar-refractivity contribution in [1.82, 2.24) is 0 Å². The van der Waals surface area contributed by atoms with Crippen LogP contribution in [0.1, 0.15) is 0 Å². The fourth-order valence-corrected chi connectivity index (χ4v) is 5.75. The lowest BCUT2D eigenvalue weighted by Crippen LogP contribution is -2.08. The van der Waals surface area contributed by atoms with Crippen molar-refractivity contribution in [2.75, 3.05) is 0 Å².